The highest BCUT2D eigenvalue weighted by Crippen LogP contribution is 2.22. The standard InChI is InChI=1S/C16H16N2O/c1-2-15-10-16(18-19-15)13-7-5-12(6-8-13)14-4-3-9-17-11-14/h3-9,11,15H,2,10H2,1H3/t15-/m0/s1. The maximum Gasteiger partial charge on any atom is 0.133 e. The lowest BCUT2D eigenvalue weighted by Gasteiger charge is -2.04. The Hall–Kier alpha value is -2.16. The second kappa shape index (κ2) is 5.22. The van der Waals surface area contributed by atoms with Crippen molar-refractivity contribution in [2.75, 3.05) is 0 Å². The highest BCUT2D eigenvalue weighted by molar-refractivity contribution is 6.01. The molecule has 2 heterocycles. The number of aromatic nitrogens is 1. The molecule has 0 saturated heterocycles. The van der Waals surface area contributed by atoms with Crippen LogP contribution in [0.1, 0.15) is 25.3 Å². The summed E-state index contributed by atoms with van der Waals surface area (Å²) in [5.74, 6) is 0. The van der Waals surface area contributed by atoms with E-state index in [2.05, 4.69) is 47.4 Å². The van der Waals surface area contributed by atoms with Gasteiger partial charge in [0.25, 0.3) is 0 Å². The lowest BCUT2D eigenvalue weighted by atomic mass is 10.0. The van der Waals surface area contributed by atoms with Gasteiger partial charge in [-0.2, -0.15) is 0 Å². The van der Waals surface area contributed by atoms with Crippen LogP contribution in [0, 0.1) is 0 Å². The van der Waals surface area contributed by atoms with E-state index in [0.29, 0.717) is 0 Å². The van der Waals surface area contributed by atoms with Crippen LogP contribution in [0.2, 0.25) is 0 Å². The van der Waals surface area contributed by atoms with Gasteiger partial charge in [0.05, 0.1) is 5.71 Å². The molecule has 19 heavy (non-hydrogen) atoms. The molecule has 0 radical (unpaired) electrons. The average Bonchev–Trinajstić information content (AvgIpc) is 2.97. The summed E-state index contributed by atoms with van der Waals surface area (Å²) in [6.07, 6.45) is 5.81. The van der Waals surface area contributed by atoms with E-state index in [-0.39, 0.29) is 6.10 Å². The minimum Gasteiger partial charge on any atom is -0.392 e. The molecule has 1 aliphatic heterocycles. The fourth-order valence-corrected chi connectivity index (χ4v) is 2.21. The van der Waals surface area contributed by atoms with Crippen molar-refractivity contribution < 1.29 is 4.84 Å². The van der Waals surface area contributed by atoms with Gasteiger partial charge in [-0.05, 0) is 29.2 Å². The Labute approximate surface area is 112 Å². The summed E-state index contributed by atoms with van der Waals surface area (Å²) in [5, 5.41) is 4.16. The predicted molar refractivity (Wildman–Crippen MR) is 76.0 cm³/mol. The first-order valence-corrected chi connectivity index (χ1v) is 6.60. The number of rotatable bonds is 3. The van der Waals surface area contributed by atoms with Crippen molar-refractivity contribution in [2.24, 2.45) is 5.16 Å². The molecule has 0 unspecified atom stereocenters. The molecule has 0 saturated carbocycles. The number of oxime groups is 1. The van der Waals surface area contributed by atoms with Crippen LogP contribution in [0.5, 0.6) is 0 Å². The number of pyridine rings is 1. The zero-order chi connectivity index (χ0) is 13.1. The lowest BCUT2D eigenvalue weighted by Crippen LogP contribution is -2.06. The number of benzene rings is 1. The van der Waals surface area contributed by atoms with Gasteiger partial charge >= 0.3 is 0 Å². The van der Waals surface area contributed by atoms with E-state index in [1.54, 1.807) is 6.20 Å². The highest BCUT2D eigenvalue weighted by atomic mass is 16.6. The topological polar surface area (TPSA) is 34.5 Å². The molecule has 0 amide bonds. The molecule has 0 spiro atoms. The molecule has 3 nitrogen and oxygen atoms in total. The first kappa shape index (κ1) is 11.9. The smallest absolute Gasteiger partial charge is 0.133 e. The summed E-state index contributed by atoms with van der Waals surface area (Å²) in [7, 11) is 0. The van der Waals surface area contributed by atoms with Gasteiger partial charge in [-0.15, -0.1) is 0 Å². The van der Waals surface area contributed by atoms with Crippen LogP contribution in [0.15, 0.2) is 53.9 Å². The molecule has 3 heteroatoms. The first-order chi connectivity index (χ1) is 9.36. The molecule has 0 N–H and O–H groups in total. The molecule has 1 aliphatic rings. The van der Waals surface area contributed by atoms with Crippen LogP contribution in [0.25, 0.3) is 11.1 Å². The fourth-order valence-electron chi connectivity index (χ4n) is 2.21. The van der Waals surface area contributed by atoms with Crippen molar-refractivity contribution in [1.29, 1.82) is 0 Å². The van der Waals surface area contributed by atoms with E-state index in [1.807, 2.05) is 12.3 Å². The maximum absolute atomic E-state index is 5.36. The molecule has 1 atom stereocenters. The van der Waals surface area contributed by atoms with Gasteiger partial charge in [-0.3, -0.25) is 4.98 Å². The Balaban J connectivity index is 1.80. The van der Waals surface area contributed by atoms with Crippen molar-refractivity contribution in [2.45, 2.75) is 25.9 Å². The summed E-state index contributed by atoms with van der Waals surface area (Å²) in [6, 6.07) is 12.4. The van der Waals surface area contributed by atoms with Gasteiger partial charge in [-0.1, -0.05) is 42.4 Å². The quantitative estimate of drug-likeness (QED) is 0.835. The second-order valence-electron chi connectivity index (χ2n) is 4.70. The molecular weight excluding hydrogens is 236 g/mol. The summed E-state index contributed by atoms with van der Waals surface area (Å²) >= 11 is 0. The zero-order valence-corrected chi connectivity index (χ0v) is 10.9. The molecule has 3 rings (SSSR count). The Morgan fingerprint density at radius 3 is 2.53 bits per heavy atom. The Morgan fingerprint density at radius 1 is 1.11 bits per heavy atom. The van der Waals surface area contributed by atoms with Crippen LogP contribution in [-0.4, -0.2) is 16.8 Å². The third-order valence-corrected chi connectivity index (χ3v) is 3.40. The minimum absolute atomic E-state index is 0.244. The van der Waals surface area contributed by atoms with E-state index < -0.39 is 0 Å². The van der Waals surface area contributed by atoms with Gasteiger partial charge in [0.2, 0.25) is 0 Å². The van der Waals surface area contributed by atoms with E-state index >= 15 is 0 Å². The van der Waals surface area contributed by atoms with E-state index in [9.17, 15) is 0 Å². The van der Waals surface area contributed by atoms with E-state index in [1.165, 1.54) is 5.56 Å². The number of hydrogen-bond acceptors (Lipinski definition) is 3. The minimum atomic E-state index is 0.244. The van der Waals surface area contributed by atoms with E-state index in [0.717, 1.165) is 29.7 Å². The third-order valence-electron chi connectivity index (χ3n) is 3.40. The molecule has 0 bridgehead atoms. The molecule has 0 fully saturated rings. The first-order valence-electron chi connectivity index (χ1n) is 6.60. The Kier molecular flexibility index (Phi) is 3.27. The monoisotopic (exact) mass is 252 g/mol. The third kappa shape index (κ3) is 2.50. The van der Waals surface area contributed by atoms with Crippen LogP contribution < -0.4 is 0 Å². The van der Waals surface area contributed by atoms with Crippen molar-refractivity contribution in [1.82, 2.24) is 4.98 Å². The van der Waals surface area contributed by atoms with Crippen LogP contribution in [-0.2, 0) is 4.84 Å². The molecule has 0 aliphatic carbocycles. The fraction of sp³-hybridized carbons (Fsp3) is 0.250. The SMILES string of the molecule is CC[C@H]1CC(c2ccc(-c3cccnc3)cc2)=NO1. The van der Waals surface area contributed by atoms with Crippen LogP contribution >= 0.6 is 0 Å². The lowest BCUT2D eigenvalue weighted by molar-refractivity contribution is 0.0829. The molecule has 2 aromatic rings. The predicted octanol–water partition coefficient (Wildman–Crippen LogP) is 3.65. The Morgan fingerprint density at radius 2 is 1.89 bits per heavy atom. The molecular formula is C16H16N2O. The summed E-state index contributed by atoms with van der Waals surface area (Å²) in [5.41, 5.74) is 4.49. The number of nitrogens with zero attached hydrogens (tertiary/aromatic N) is 2. The van der Waals surface area contributed by atoms with Gasteiger partial charge in [0.1, 0.15) is 6.10 Å². The van der Waals surface area contributed by atoms with Gasteiger partial charge in [0.15, 0.2) is 0 Å². The summed E-state index contributed by atoms with van der Waals surface area (Å²) in [4.78, 5) is 9.50. The molecule has 96 valence electrons. The zero-order valence-electron chi connectivity index (χ0n) is 10.9. The maximum atomic E-state index is 5.36. The van der Waals surface area contributed by atoms with Gasteiger partial charge in [-0.25, -0.2) is 0 Å². The van der Waals surface area contributed by atoms with E-state index in [4.69, 9.17) is 4.84 Å². The van der Waals surface area contributed by atoms with Crippen molar-refractivity contribution in [3.63, 3.8) is 0 Å². The van der Waals surface area contributed by atoms with Crippen molar-refractivity contribution in [3.8, 4) is 11.1 Å². The van der Waals surface area contributed by atoms with Crippen molar-refractivity contribution in [3.05, 3.63) is 54.4 Å². The number of hydrogen-bond donors (Lipinski definition) is 0. The van der Waals surface area contributed by atoms with Gasteiger partial charge < -0.3 is 4.84 Å². The summed E-state index contributed by atoms with van der Waals surface area (Å²) in [6.45, 7) is 2.12. The second-order valence-corrected chi connectivity index (χ2v) is 4.70. The van der Waals surface area contributed by atoms with Crippen molar-refractivity contribution >= 4 is 5.71 Å². The summed E-state index contributed by atoms with van der Waals surface area (Å²) < 4.78 is 0. The van der Waals surface area contributed by atoms with Crippen LogP contribution in [0.4, 0.5) is 0 Å². The highest BCUT2D eigenvalue weighted by Gasteiger charge is 2.20. The average molecular weight is 252 g/mol. The van der Waals surface area contributed by atoms with Crippen LogP contribution in [0.3, 0.4) is 0 Å². The van der Waals surface area contributed by atoms with Gasteiger partial charge in [0, 0.05) is 18.8 Å². The largest absolute Gasteiger partial charge is 0.392 e. The molecule has 1 aromatic heterocycles. The molecule has 1 aromatic carbocycles. The normalized spacial score (nSPS) is 17.9. The Bertz CT molecular complexity index is 575.